The third-order valence-electron chi connectivity index (χ3n) is 4.73. The van der Waals surface area contributed by atoms with Gasteiger partial charge in [0.25, 0.3) is 5.91 Å². The van der Waals surface area contributed by atoms with Crippen LogP contribution in [0.4, 0.5) is 10.1 Å². The predicted octanol–water partition coefficient (Wildman–Crippen LogP) is 2.44. The molecule has 0 spiro atoms. The molecule has 2 aromatic carbocycles. The number of nitrogens with one attached hydrogen (secondary N) is 1. The smallest absolute Gasteiger partial charge is 0.254 e. The summed E-state index contributed by atoms with van der Waals surface area (Å²) in [4.78, 5) is 40.1. The molecule has 1 unspecified atom stereocenters. The summed E-state index contributed by atoms with van der Waals surface area (Å²) in [5, 5.41) is 2.73. The van der Waals surface area contributed by atoms with Crippen molar-refractivity contribution in [2.45, 2.75) is 25.9 Å². The Hall–Kier alpha value is -3.22. The Kier molecular flexibility index (Phi) is 5.44. The topological polar surface area (TPSA) is 69.7 Å². The minimum atomic E-state index is -0.647. The molecule has 0 fully saturated rings. The van der Waals surface area contributed by atoms with Crippen molar-refractivity contribution in [1.29, 1.82) is 0 Å². The minimum Gasteiger partial charge on any atom is -0.347 e. The fourth-order valence-corrected chi connectivity index (χ4v) is 3.36. The second-order valence-electron chi connectivity index (χ2n) is 7.06. The van der Waals surface area contributed by atoms with E-state index in [2.05, 4.69) is 5.32 Å². The Labute approximate surface area is 162 Å². The number of hydrogen-bond donors (Lipinski definition) is 1. The summed E-state index contributed by atoms with van der Waals surface area (Å²) in [6.07, 6.45) is 0.375. The van der Waals surface area contributed by atoms with E-state index in [9.17, 15) is 18.8 Å². The number of likely N-dealkylation sites (N-methyl/N-ethyl adjacent to an activating group) is 1. The van der Waals surface area contributed by atoms with Crippen LogP contribution in [0, 0.1) is 5.82 Å². The average Bonchev–Trinajstić information content (AvgIpc) is 2.65. The average molecular weight is 383 g/mol. The van der Waals surface area contributed by atoms with Crippen molar-refractivity contribution in [2.24, 2.45) is 0 Å². The molecule has 1 heterocycles. The van der Waals surface area contributed by atoms with Gasteiger partial charge in [-0.2, -0.15) is 0 Å². The van der Waals surface area contributed by atoms with Crippen LogP contribution < -0.4 is 5.32 Å². The van der Waals surface area contributed by atoms with Gasteiger partial charge in [0.1, 0.15) is 11.9 Å². The zero-order chi connectivity index (χ0) is 20.4. The van der Waals surface area contributed by atoms with Gasteiger partial charge in [-0.1, -0.05) is 6.07 Å². The van der Waals surface area contributed by atoms with Gasteiger partial charge >= 0.3 is 0 Å². The number of benzene rings is 2. The van der Waals surface area contributed by atoms with Crippen LogP contribution in [-0.2, 0) is 22.6 Å². The van der Waals surface area contributed by atoms with Crippen LogP contribution in [0.25, 0.3) is 0 Å². The molecule has 1 N–H and O–H groups in total. The highest BCUT2D eigenvalue weighted by Gasteiger charge is 2.36. The summed E-state index contributed by atoms with van der Waals surface area (Å²) >= 11 is 0. The quantitative estimate of drug-likeness (QED) is 0.885. The molecule has 1 atom stereocenters. The van der Waals surface area contributed by atoms with Crippen molar-refractivity contribution in [3.05, 3.63) is 65.0 Å². The maximum Gasteiger partial charge on any atom is 0.254 e. The lowest BCUT2D eigenvalue weighted by Crippen LogP contribution is -2.52. The molecule has 0 aromatic heterocycles. The Morgan fingerprint density at radius 3 is 2.36 bits per heavy atom. The second kappa shape index (κ2) is 7.80. The van der Waals surface area contributed by atoms with E-state index in [1.807, 2.05) is 12.1 Å². The summed E-state index contributed by atoms with van der Waals surface area (Å²) in [7, 11) is 3.30. The first kappa shape index (κ1) is 19.5. The van der Waals surface area contributed by atoms with Gasteiger partial charge in [0.15, 0.2) is 0 Å². The fraction of sp³-hybridized carbons (Fsp3) is 0.286. The third kappa shape index (κ3) is 4.03. The van der Waals surface area contributed by atoms with Gasteiger partial charge < -0.3 is 15.1 Å². The Morgan fingerprint density at radius 2 is 1.75 bits per heavy atom. The summed E-state index contributed by atoms with van der Waals surface area (Å²) < 4.78 is 13.2. The first-order valence-electron chi connectivity index (χ1n) is 8.93. The zero-order valence-corrected chi connectivity index (χ0v) is 16.0. The normalized spacial score (nSPS) is 15.6. The number of hydrogen-bond acceptors (Lipinski definition) is 3. The summed E-state index contributed by atoms with van der Waals surface area (Å²) in [5.74, 6) is -1.13. The molecule has 0 aliphatic carbocycles. The largest absolute Gasteiger partial charge is 0.347 e. The molecule has 1 aliphatic rings. The van der Waals surface area contributed by atoms with E-state index in [1.165, 1.54) is 41.0 Å². The van der Waals surface area contributed by atoms with E-state index in [-0.39, 0.29) is 24.3 Å². The van der Waals surface area contributed by atoms with Gasteiger partial charge in [-0.25, -0.2) is 4.39 Å². The minimum absolute atomic E-state index is 0.174. The highest BCUT2D eigenvalue weighted by molar-refractivity contribution is 5.98. The second-order valence-corrected chi connectivity index (χ2v) is 7.06. The first-order chi connectivity index (χ1) is 13.3. The summed E-state index contributed by atoms with van der Waals surface area (Å²) in [6, 6.07) is 10.1. The highest BCUT2D eigenvalue weighted by atomic mass is 19.1. The number of amides is 3. The molecule has 28 heavy (non-hydrogen) atoms. The maximum absolute atomic E-state index is 13.2. The van der Waals surface area contributed by atoms with Crippen LogP contribution >= 0.6 is 0 Å². The number of carbonyl (C=O) groups excluding carboxylic acids is 3. The lowest BCUT2D eigenvalue weighted by Gasteiger charge is -2.37. The van der Waals surface area contributed by atoms with Gasteiger partial charge in [-0.05, 0) is 47.5 Å². The Bertz CT molecular complexity index is 925. The lowest BCUT2D eigenvalue weighted by molar-refractivity contribution is -0.134. The standard InChI is InChI=1S/C21H22FN3O3/c1-13(26)23-18-9-6-15-11-19(21(28)24(2)3)25(12-16(15)10-18)20(27)14-4-7-17(22)8-5-14/h4-10,19H,11-12H2,1-3H3,(H,23,26). The van der Waals surface area contributed by atoms with E-state index < -0.39 is 11.9 Å². The number of anilines is 1. The van der Waals surface area contributed by atoms with Crippen molar-refractivity contribution in [3.63, 3.8) is 0 Å². The molecule has 6 nitrogen and oxygen atoms in total. The van der Waals surface area contributed by atoms with Crippen LogP contribution in [0.15, 0.2) is 42.5 Å². The molecule has 1 aliphatic heterocycles. The molecule has 0 bridgehead atoms. The SMILES string of the molecule is CC(=O)Nc1ccc2c(c1)CN(C(=O)c1ccc(F)cc1)C(C(=O)N(C)C)C2. The first-order valence-corrected chi connectivity index (χ1v) is 8.93. The number of rotatable bonds is 3. The predicted molar refractivity (Wildman–Crippen MR) is 103 cm³/mol. The molecule has 0 saturated carbocycles. The monoisotopic (exact) mass is 383 g/mol. The molecule has 0 radical (unpaired) electrons. The Balaban J connectivity index is 1.97. The molecular formula is C21H22FN3O3. The van der Waals surface area contributed by atoms with E-state index in [0.717, 1.165) is 11.1 Å². The molecule has 7 heteroatoms. The number of fused-ring (bicyclic) bond motifs is 1. The Morgan fingerprint density at radius 1 is 1.07 bits per heavy atom. The fourth-order valence-electron chi connectivity index (χ4n) is 3.36. The summed E-state index contributed by atoms with van der Waals surface area (Å²) in [6.45, 7) is 1.65. The molecule has 0 saturated heterocycles. The van der Waals surface area contributed by atoms with Crippen LogP contribution in [0.3, 0.4) is 0 Å². The van der Waals surface area contributed by atoms with Gasteiger partial charge in [0.05, 0.1) is 0 Å². The number of halogens is 1. The summed E-state index contributed by atoms with van der Waals surface area (Å²) in [5.41, 5.74) is 2.78. The molecule has 2 aromatic rings. The van der Waals surface area contributed by atoms with E-state index in [1.54, 1.807) is 20.2 Å². The van der Waals surface area contributed by atoms with E-state index in [4.69, 9.17) is 0 Å². The molecule has 3 amide bonds. The third-order valence-corrected chi connectivity index (χ3v) is 4.73. The van der Waals surface area contributed by atoms with Crippen molar-refractivity contribution in [1.82, 2.24) is 9.80 Å². The van der Waals surface area contributed by atoms with Crippen molar-refractivity contribution in [2.75, 3.05) is 19.4 Å². The molecular weight excluding hydrogens is 361 g/mol. The molecule has 146 valence electrons. The number of nitrogens with zero attached hydrogens (tertiary/aromatic N) is 2. The number of carbonyl (C=O) groups is 3. The van der Waals surface area contributed by atoms with Crippen LogP contribution in [0.2, 0.25) is 0 Å². The van der Waals surface area contributed by atoms with Crippen LogP contribution in [0.5, 0.6) is 0 Å². The highest BCUT2D eigenvalue weighted by Crippen LogP contribution is 2.28. The van der Waals surface area contributed by atoms with Crippen LogP contribution in [-0.4, -0.2) is 47.7 Å². The van der Waals surface area contributed by atoms with E-state index in [0.29, 0.717) is 17.7 Å². The van der Waals surface area contributed by atoms with Crippen LogP contribution in [0.1, 0.15) is 28.4 Å². The van der Waals surface area contributed by atoms with Crippen molar-refractivity contribution in [3.8, 4) is 0 Å². The zero-order valence-electron chi connectivity index (χ0n) is 16.0. The van der Waals surface area contributed by atoms with Gasteiger partial charge in [-0.3, -0.25) is 14.4 Å². The van der Waals surface area contributed by atoms with Gasteiger partial charge in [-0.15, -0.1) is 0 Å². The molecule has 3 rings (SSSR count). The maximum atomic E-state index is 13.2. The van der Waals surface area contributed by atoms with Gasteiger partial charge in [0, 0.05) is 45.2 Å². The van der Waals surface area contributed by atoms with Gasteiger partial charge in [0.2, 0.25) is 11.8 Å². The van der Waals surface area contributed by atoms with E-state index >= 15 is 0 Å². The van der Waals surface area contributed by atoms with Crippen molar-refractivity contribution >= 4 is 23.4 Å². The lowest BCUT2D eigenvalue weighted by atomic mass is 9.92. The van der Waals surface area contributed by atoms with Crippen molar-refractivity contribution < 1.29 is 18.8 Å².